The smallest absolute Gasteiger partial charge is 0.309 e. The molecule has 1 aliphatic heterocycles. The zero-order valence-electron chi connectivity index (χ0n) is 13.0. The molecule has 1 aliphatic rings. The van der Waals surface area contributed by atoms with E-state index in [0.717, 1.165) is 29.9 Å². The number of carboxylic acids is 1. The van der Waals surface area contributed by atoms with Gasteiger partial charge in [-0.1, -0.05) is 6.07 Å². The average Bonchev–Trinajstić information content (AvgIpc) is 2.73. The van der Waals surface area contributed by atoms with Crippen molar-refractivity contribution in [3.63, 3.8) is 0 Å². The molecule has 3 N–H and O–H groups in total. The number of aromatic amines is 1. The second-order valence-electron chi connectivity index (χ2n) is 6.06. The van der Waals surface area contributed by atoms with E-state index in [2.05, 4.69) is 41.2 Å². The highest BCUT2D eigenvalue weighted by atomic mass is 16.4. The minimum absolute atomic E-state index is 0.365. The van der Waals surface area contributed by atoms with Gasteiger partial charge in [0, 0.05) is 26.2 Å². The molecule has 118 valence electrons. The van der Waals surface area contributed by atoms with Crippen molar-refractivity contribution in [3.05, 3.63) is 29.1 Å². The van der Waals surface area contributed by atoms with Crippen LogP contribution in [-0.4, -0.2) is 52.1 Å². The Kier molecular flexibility index (Phi) is 4.13. The fourth-order valence-electron chi connectivity index (χ4n) is 2.94. The summed E-state index contributed by atoms with van der Waals surface area (Å²) >= 11 is 0. The molecule has 0 bridgehead atoms. The maximum absolute atomic E-state index is 11.2. The van der Waals surface area contributed by atoms with E-state index in [1.54, 1.807) is 0 Å². The second-order valence-corrected chi connectivity index (χ2v) is 6.06. The Morgan fingerprint density at radius 3 is 3.05 bits per heavy atom. The highest BCUT2D eigenvalue weighted by Crippen LogP contribution is 2.20. The number of nitrogens with one attached hydrogen (secondary N) is 2. The lowest BCUT2D eigenvalue weighted by atomic mass is 10.1. The standard InChI is InChI=1S/C16H22N4O2/c1-10-3-4-13-15(11(10)2)19-14(18-13)9-20-6-5-17-7-12(8-20)16(21)22/h3-4,12,17H,5-9H2,1-2H3,(H,18,19)(H,21,22)/t12-/m1/s1. The minimum atomic E-state index is -0.740. The molecule has 0 unspecified atom stereocenters. The summed E-state index contributed by atoms with van der Waals surface area (Å²) < 4.78 is 0. The van der Waals surface area contributed by atoms with Crippen LogP contribution in [0.5, 0.6) is 0 Å². The minimum Gasteiger partial charge on any atom is -0.481 e. The highest BCUT2D eigenvalue weighted by Gasteiger charge is 2.24. The summed E-state index contributed by atoms with van der Waals surface area (Å²) in [7, 11) is 0. The molecule has 3 rings (SSSR count). The first-order valence-electron chi connectivity index (χ1n) is 7.65. The van der Waals surface area contributed by atoms with Gasteiger partial charge in [0.15, 0.2) is 0 Å². The third kappa shape index (κ3) is 2.98. The van der Waals surface area contributed by atoms with Crippen LogP contribution in [0.4, 0.5) is 0 Å². The molecule has 0 spiro atoms. The topological polar surface area (TPSA) is 81.2 Å². The van der Waals surface area contributed by atoms with Crippen LogP contribution in [0.25, 0.3) is 11.0 Å². The van der Waals surface area contributed by atoms with Gasteiger partial charge < -0.3 is 15.4 Å². The first kappa shape index (κ1) is 15.0. The number of aryl methyl sites for hydroxylation is 2. The lowest BCUT2D eigenvalue weighted by Gasteiger charge is -2.20. The molecular formula is C16H22N4O2. The first-order chi connectivity index (χ1) is 10.5. The monoisotopic (exact) mass is 302 g/mol. The third-order valence-electron chi connectivity index (χ3n) is 4.42. The van der Waals surface area contributed by atoms with Crippen molar-refractivity contribution in [1.82, 2.24) is 20.2 Å². The normalized spacial score (nSPS) is 20.2. The number of nitrogens with zero attached hydrogens (tertiary/aromatic N) is 2. The van der Waals surface area contributed by atoms with Crippen molar-refractivity contribution in [2.45, 2.75) is 20.4 Å². The van der Waals surface area contributed by atoms with Crippen molar-refractivity contribution in [3.8, 4) is 0 Å². The second kappa shape index (κ2) is 6.06. The van der Waals surface area contributed by atoms with Gasteiger partial charge in [0.05, 0.1) is 23.5 Å². The van der Waals surface area contributed by atoms with Gasteiger partial charge in [-0.15, -0.1) is 0 Å². The summed E-state index contributed by atoms with van der Waals surface area (Å²) in [5, 5.41) is 12.4. The van der Waals surface area contributed by atoms with Crippen LogP contribution >= 0.6 is 0 Å². The Balaban J connectivity index is 1.80. The van der Waals surface area contributed by atoms with E-state index in [9.17, 15) is 9.90 Å². The van der Waals surface area contributed by atoms with Gasteiger partial charge in [0.1, 0.15) is 5.82 Å². The average molecular weight is 302 g/mol. The molecule has 0 aliphatic carbocycles. The summed E-state index contributed by atoms with van der Waals surface area (Å²) in [5.41, 5.74) is 4.48. The quantitative estimate of drug-likeness (QED) is 0.796. The Hall–Kier alpha value is -1.92. The van der Waals surface area contributed by atoms with Gasteiger partial charge in [-0.3, -0.25) is 9.69 Å². The van der Waals surface area contributed by atoms with Crippen molar-refractivity contribution < 1.29 is 9.90 Å². The summed E-state index contributed by atoms with van der Waals surface area (Å²) in [6.45, 7) is 7.54. The molecule has 1 aromatic heterocycles. The number of aromatic nitrogens is 2. The van der Waals surface area contributed by atoms with Crippen LogP contribution in [-0.2, 0) is 11.3 Å². The summed E-state index contributed by atoms with van der Waals surface area (Å²) in [6.07, 6.45) is 0. The molecule has 6 nitrogen and oxygen atoms in total. The van der Waals surface area contributed by atoms with Crippen molar-refractivity contribution in [2.24, 2.45) is 5.92 Å². The predicted molar refractivity (Wildman–Crippen MR) is 84.8 cm³/mol. The number of hydrogen-bond acceptors (Lipinski definition) is 4. The van der Waals surface area contributed by atoms with Crippen LogP contribution in [0.2, 0.25) is 0 Å². The molecule has 0 amide bonds. The number of rotatable bonds is 3. The molecule has 2 heterocycles. The maximum Gasteiger partial charge on any atom is 0.309 e. The molecule has 0 radical (unpaired) electrons. The Morgan fingerprint density at radius 2 is 2.27 bits per heavy atom. The molecule has 0 saturated carbocycles. The zero-order valence-corrected chi connectivity index (χ0v) is 13.0. The molecule has 2 aromatic rings. The first-order valence-corrected chi connectivity index (χ1v) is 7.65. The van der Waals surface area contributed by atoms with Gasteiger partial charge >= 0.3 is 5.97 Å². The van der Waals surface area contributed by atoms with E-state index in [1.165, 1.54) is 11.1 Å². The molecule has 1 saturated heterocycles. The number of H-pyrrole nitrogens is 1. The molecular weight excluding hydrogens is 280 g/mol. The van der Waals surface area contributed by atoms with Crippen molar-refractivity contribution in [2.75, 3.05) is 26.2 Å². The van der Waals surface area contributed by atoms with Crippen LogP contribution in [0, 0.1) is 19.8 Å². The van der Waals surface area contributed by atoms with E-state index in [0.29, 0.717) is 19.6 Å². The number of carboxylic acid groups (broad SMARTS) is 1. The molecule has 1 fully saturated rings. The fourth-order valence-corrected chi connectivity index (χ4v) is 2.94. The molecule has 6 heteroatoms. The van der Waals surface area contributed by atoms with Gasteiger partial charge in [-0.25, -0.2) is 4.98 Å². The fraction of sp³-hybridized carbons (Fsp3) is 0.500. The predicted octanol–water partition coefficient (Wildman–Crippen LogP) is 1.29. The summed E-state index contributed by atoms with van der Waals surface area (Å²) in [6, 6.07) is 4.15. The van der Waals surface area contributed by atoms with E-state index in [4.69, 9.17) is 4.98 Å². The van der Waals surface area contributed by atoms with Crippen LogP contribution in [0.15, 0.2) is 12.1 Å². The number of hydrogen-bond donors (Lipinski definition) is 3. The van der Waals surface area contributed by atoms with Gasteiger partial charge in [0.2, 0.25) is 0 Å². The summed E-state index contributed by atoms with van der Waals surface area (Å²) in [5.74, 6) is -0.207. The number of fused-ring (bicyclic) bond motifs is 1. The van der Waals surface area contributed by atoms with Crippen LogP contribution in [0.3, 0.4) is 0 Å². The lowest BCUT2D eigenvalue weighted by Crippen LogP contribution is -2.33. The van der Waals surface area contributed by atoms with Crippen LogP contribution < -0.4 is 5.32 Å². The summed E-state index contributed by atoms with van der Waals surface area (Å²) in [4.78, 5) is 21.4. The SMILES string of the molecule is Cc1ccc2[nH]c(CN3CCNC[C@@H](C(=O)O)C3)nc2c1C. The largest absolute Gasteiger partial charge is 0.481 e. The molecule has 1 atom stereocenters. The van der Waals surface area contributed by atoms with E-state index >= 15 is 0 Å². The van der Waals surface area contributed by atoms with Crippen molar-refractivity contribution in [1.29, 1.82) is 0 Å². The van der Waals surface area contributed by atoms with Crippen molar-refractivity contribution >= 4 is 17.0 Å². The highest BCUT2D eigenvalue weighted by molar-refractivity contribution is 5.79. The van der Waals surface area contributed by atoms with Gasteiger partial charge in [0.25, 0.3) is 0 Å². The number of imidazole rings is 1. The third-order valence-corrected chi connectivity index (χ3v) is 4.42. The van der Waals surface area contributed by atoms with E-state index < -0.39 is 5.97 Å². The number of benzene rings is 1. The Morgan fingerprint density at radius 1 is 1.45 bits per heavy atom. The van der Waals surface area contributed by atoms with Gasteiger partial charge in [-0.2, -0.15) is 0 Å². The van der Waals surface area contributed by atoms with Crippen LogP contribution in [0.1, 0.15) is 17.0 Å². The Labute approximate surface area is 129 Å². The molecule has 1 aromatic carbocycles. The maximum atomic E-state index is 11.2. The number of carbonyl (C=O) groups is 1. The zero-order chi connectivity index (χ0) is 15.7. The van der Waals surface area contributed by atoms with E-state index in [-0.39, 0.29) is 5.92 Å². The molecule has 22 heavy (non-hydrogen) atoms. The Bertz CT molecular complexity index is 695. The van der Waals surface area contributed by atoms with E-state index in [1.807, 2.05) is 0 Å². The number of aliphatic carboxylic acids is 1. The van der Waals surface area contributed by atoms with Gasteiger partial charge in [-0.05, 0) is 31.0 Å². The lowest BCUT2D eigenvalue weighted by molar-refractivity contribution is -0.142.